The molecule has 1 aromatic rings. The van der Waals surface area contributed by atoms with Crippen molar-refractivity contribution < 1.29 is 5.11 Å². The first-order chi connectivity index (χ1) is 8.61. The Morgan fingerprint density at radius 1 is 1.28 bits per heavy atom. The van der Waals surface area contributed by atoms with Gasteiger partial charge in [0.15, 0.2) is 0 Å². The molecule has 1 rings (SSSR count). The van der Waals surface area contributed by atoms with E-state index < -0.39 is 5.60 Å². The summed E-state index contributed by atoms with van der Waals surface area (Å²) in [6, 6.07) is 0.110. The van der Waals surface area contributed by atoms with Crippen molar-refractivity contribution in [1.82, 2.24) is 15.3 Å². The zero-order valence-corrected chi connectivity index (χ0v) is 11.7. The monoisotopic (exact) mass is 251 g/mol. The van der Waals surface area contributed by atoms with Crippen molar-refractivity contribution in [3.63, 3.8) is 0 Å². The van der Waals surface area contributed by atoms with Crippen LogP contribution in [0, 0.1) is 0 Å². The van der Waals surface area contributed by atoms with E-state index in [-0.39, 0.29) is 6.04 Å². The highest BCUT2D eigenvalue weighted by Crippen LogP contribution is 2.20. The fourth-order valence-electron chi connectivity index (χ4n) is 2.21. The smallest absolute Gasteiger partial charge is 0.0771 e. The first-order valence-corrected chi connectivity index (χ1v) is 6.83. The Labute approximate surface area is 110 Å². The van der Waals surface area contributed by atoms with E-state index in [0.717, 1.165) is 31.4 Å². The Morgan fingerprint density at radius 2 is 1.94 bits per heavy atom. The second-order valence-electron chi connectivity index (χ2n) is 4.96. The third-order valence-corrected chi connectivity index (χ3v) is 3.19. The summed E-state index contributed by atoms with van der Waals surface area (Å²) in [5.41, 5.74) is 0.313. The maximum absolute atomic E-state index is 10.5. The molecule has 0 fully saturated rings. The van der Waals surface area contributed by atoms with Gasteiger partial charge in [-0.25, -0.2) is 0 Å². The Kier molecular flexibility index (Phi) is 6.22. The number of aromatic nitrogens is 2. The number of hydrogen-bond acceptors (Lipinski definition) is 4. The van der Waals surface area contributed by atoms with Crippen LogP contribution in [0.3, 0.4) is 0 Å². The van der Waals surface area contributed by atoms with Gasteiger partial charge in [-0.2, -0.15) is 0 Å². The van der Waals surface area contributed by atoms with Crippen LogP contribution < -0.4 is 5.32 Å². The first kappa shape index (κ1) is 15.1. The third kappa shape index (κ3) is 4.70. The number of hydrogen-bond donors (Lipinski definition) is 2. The van der Waals surface area contributed by atoms with Gasteiger partial charge in [0.25, 0.3) is 0 Å². The van der Waals surface area contributed by atoms with E-state index in [1.165, 1.54) is 0 Å². The van der Waals surface area contributed by atoms with Crippen molar-refractivity contribution in [2.24, 2.45) is 0 Å². The van der Waals surface area contributed by atoms with Crippen LogP contribution in [0.2, 0.25) is 0 Å². The largest absolute Gasteiger partial charge is 0.389 e. The Hall–Kier alpha value is -1.00. The summed E-state index contributed by atoms with van der Waals surface area (Å²) < 4.78 is 0. The van der Waals surface area contributed by atoms with Crippen molar-refractivity contribution in [2.75, 3.05) is 6.54 Å². The van der Waals surface area contributed by atoms with Crippen LogP contribution in [0.4, 0.5) is 0 Å². The second-order valence-corrected chi connectivity index (χ2v) is 4.96. The fraction of sp³-hybridized carbons (Fsp3) is 0.714. The Balaban J connectivity index is 2.52. The van der Waals surface area contributed by atoms with E-state index in [1.807, 2.05) is 6.92 Å². The van der Waals surface area contributed by atoms with Gasteiger partial charge in [0.1, 0.15) is 0 Å². The lowest BCUT2D eigenvalue weighted by atomic mass is 9.92. The molecule has 4 nitrogen and oxygen atoms in total. The van der Waals surface area contributed by atoms with Crippen LogP contribution in [-0.4, -0.2) is 27.2 Å². The van der Waals surface area contributed by atoms with Crippen LogP contribution in [-0.2, 0) is 0 Å². The molecule has 18 heavy (non-hydrogen) atoms. The molecule has 2 N–H and O–H groups in total. The molecule has 0 aliphatic carbocycles. The molecular formula is C14H25N3O. The fourth-order valence-corrected chi connectivity index (χ4v) is 2.21. The highest BCUT2D eigenvalue weighted by atomic mass is 16.3. The van der Waals surface area contributed by atoms with Crippen molar-refractivity contribution in [3.8, 4) is 0 Å². The van der Waals surface area contributed by atoms with Crippen LogP contribution in [0.15, 0.2) is 18.6 Å². The maximum atomic E-state index is 10.5. The topological polar surface area (TPSA) is 58.0 Å². The van der Waals surface area contributed by atoms with Crippen molar-refractivity contribution in [2.45, 2.75) is 58.1 Å². The Morgan fingerprint density at radius 3 is 2.44 bits per heavy atom. The normalized spacial score (nSPS) is 13.6. The van der Waals surface area contributed by atoms with Crippen molar-refractivity contribution in [1.29, 1.82) is 0 Å². The van der Waals surface area contributed by atoms with Crippen LogP contribution in [0.1, 0.15) is 58.2 Å². The first-order valence-electron chi connectivity index (χ1n) is 6.83. The average molecular weight is 251 g/mol. The van der Waals surface area contributed by atoms with E-state index in [9.17, 15) is 5.11 Å². The molecular weight excluding hydrogens is 226 g/mol. The molecule has 1 aromatic heterocycles. The molecule has 0 aromatic carbocycles. The number of nitrogens with zero attached hydrogens (tertiary/aromatic N) is 2. The van der Waals surface area contributed by atoms with Gasteiger partial charge >= 0.3 is 0 Å². The summed E-state index contributed by atoms with van der Waals surface area (Å²) in [7, 11) is 0. The third-order valence-electron chi connectivity index (χ3n) is 3.19. The minimum atomic E-state index is -0.597. The van der Waals surface area contributed by atoms with Gasteiger partial charge in [-0.05, 0) is 19.8 Å². The molecule has 0 spiro atoms. The summed E-state index contributed by atoms with van der Waals surface area (Å²) in [6.45, 7) is 6.86. The lowest BCUT2D eigenvalue weighted by molar-refractivity contribution is 0.0195. The highest BCUT2D eigenvalue weighted by Gasteiger charge is 2.25. The molecule has 0 aliphatic heterocycles. The van der Waals surface area contributed by atoms with Gasteiger partial charge < -0.3 is 10.4 Å². The zero-order valence-electron chi connectivity index (χ0n) is 11.7. The minimum Gasteiger partial charge on any atom is -0.389 e. The van der Waals surface area contributed by atoms with Crippen LogP contribution >= 0.6 is 0 Å². The van der Waals surface area contributed by atoms with Gasteiger partial charge in [-0.15, -0.1) is 0 Å². The molecule has 102 valence electrons. The van der Waals surface area contributed by atoms with Crippen LogP contribution in [0.5, 0.6) is 0 Å². The number of rotatable bonds is 8. The predicted molar refractivity (Wildman–Crippen MR) is 73.2 cm³/mol. The molecule has 0 aliphatic rings. The van der Waals surface area contributed by atoms with Gasteiger partial charge in [0, 0.05) is 31.2 Å². The van der Waals surface area contributed by atoms with E-state index in [1.54, 1.807) is 18.6 Å². The van der Waals surface area contributed by atoms with Crippen molar-refractivity contribution >= 4 is 0 Å². The molecule has 1 heterocycles. The maximum Gasteiger partial charge on any atom is 0.0771 e. The van der Waals surface area contributed by atoms with E-state index in [2.05, 4.69) is 29.1 Å². The van der Waals surface area contributed by atoms with Gasteiger partial charge in [0.2, 0.25) is 0 Å². The number of aliphatic hydroxyl groups is 1. The summed E-state index contributed by atoms with van der Waals surface area (Å²) in [5, 5.41) is 13.9. The quantitative estimate of drug-likeness (QED) is 0.745. The molecule has 1 unspecified atom stereocenters. The van der Waals surface area contributed by atoms with Gasteiger partial charge in [-0.1, -0.05) is 26.7 Å². The Bertz CT molecular complexity index is 323. The van der Waals surface area contributed by atoms with E-state index >= 15 is 0 Å². The lowest BCUT2D eigenvalue weighted by Crippen LogP contribution is -2.41. The molecule has 1 atom stereocenters. The predicted octanol–water partition coefficient (Wildman–Crippen LogP) is 2.46. The minimum absolute atomic E-state index is 0.110. The number of nitrogens with one attached hydrogen (secondary N) is 1. The van der Waals surface area contributed by atoms with E-state index in [4.69, 9.17) is 0 Å². The average Bonchev–Trinajstić information content (AvgIpc) is 2.38. The van der Waals surface area contributed by atoms with Gasteiger partial charge in [0.05, 0.1) is 11.3 Å². The molecule has 0 saturated heterocycles. The van der Waals surface area contributed by atoms with Crippen LogP contribution in [0.25, 0.3) is 0 Å². The second kappa shape index (κ2) is 7.44. The summed E-state index contributed by atoms with van der Waals surface area (Å²) in [6.07, 6.45) is 8.78. The highest BCUT2D eigenvalue weighted by molar-refractivity contribution is 5.01. The molecule has 0 amide bonds. The van der Waals surface area contributed by atoms with Crippen molar-refractivity contribution in [3.05, 3.63) is 24.3 Å². The molecule has 4 heteroatoms. The van der Waals surface area contributed by atoms with Gasteiger partial charge in [-0.3, -0.25) is 9.97 Å². The standard InChI is InChI=1S/C14H25N3O/c1-4-6-14(18,7-5-2)11-17-12(3)13-10-15-8-9-16-13/h8-10,12,17-18H,4-7,11H2,1-3H3. The summed E-state index contributed by atoms with van der Waals surface area (Å²) >= 11 is 0. The summed E-state index contributed by atoms with van der Waals surface area (Å²) in [4.78, 5) is 8.32. The lowest BCUT2D eigenvalue weighted by Gasteiger charge is -2.29. The molecule has 0 radical (unpaired) electrons. The van der Waals surface area contributed by atoms with E-state index in [0.29, 0.717) is 6.54 Å². The molecule has 0 saturated carbocycles. The summed E-state index contributed by atoms with van der Waals surface area (Å²) in [5.74, 6) is 0. The SMILES string of the molecule is CCCC(O)(CCC)CNC(C)c1cnccn1. The zero-order chi connectivity index (χ0) is 13.4. The molecule has 0 bridgehead atoms.